The zero-order valence-electron chi connectivity index (χ0n) is 18.5. The number of benzene rings is 2. The Morgan fingerprint density at radius 1 is 1.03 bits per heavy atom. The summed E-state index contributed by atoms with van der Waals surface area (Å²) < 4.78 is 21.2. The van der Waals surface area contributed by atoms with Crippen LogP contribution >= 0.6 is 11.6 Å². The Bertz CT molecular complexity index is 988. The average Bonchev–Trinajstić information content (AvgIpc) is 2.72. The van der Waals surface area contributed by atoms with Crippen molar-refractivity contribution in [3.63, 3.8) is 0 Å². The van der Waals surface area contributed by atoms with E-state index in [0.717, 1.165) is 0 Å². The van der Waals surface area contributed by atoms with E-state index < -0.39 is 11.7 Å². The topological polar surface area (TPSA) is 107 Å². The largest absolute Gasteiger partial charge is 0.495 e. The number of methoxy groups -OCH3 is 2. The van der Waals surface area contributed by atoms with Crippen molar-refractivity contribution in [1.29, 1.82) is 0 Å². The van der Waals surface area contributed by atoms with E-state index in [2.05, 4.69) is 15.8 Å². The maximum Gasteiger partial charge on any atom is 0.428 e. The van der Waals surface area contributed by atoms with Gasteiger partial charge >= 0.3 is 6.09 Å². The fourth-order valence-electron chi connectivity index (χ4n) is 2.44. The number of nitrogens with zero attached hydrogens (tertiary/aromatic N) is 1. The lowest BCUT2D eigenvalue weighted by molar-refractivity contribution is -0.118. The number of halogens is 1. The predicted molar refractivity (Wildman–Crippen MR) is 122 cm³/mol. The molecule has 2 aromatic carbocycles. The maximum atomic E-state index is 12.3. The van der Waals surface area contributed by atoms with Gasteiger partial charge in [-0.2, -0.15) is 5.10 Å². The molecule has 2 N–H and O–H groups in total. The second-order valence-corrected chi connectivity index (χ2v) is 7.90. The molecule has 0 saturated carbocycles. The highest BCUT2D eigenvalue weighted by Crippen LogP contribution is 2.29. The maximum absolute atomic E-state index is 12.3. The van der Waals surface area contributed by atoms with Gasteiger partial charge in [-0.15, -0.1) is 0 Å². The summed E-state index contributed by atoms with van der Waals surface area (Å²) >= 11 is 5.92. The molecule has 0 aliphatic carbocycles. The molecule has 32 heavy (non-hydrogen) atoms. The number of amides is 2. The van der Waals surface area contributed by atoms with Crippen LogP contribution in [0, 0.1) is 0 Å². The second kappa shape index (κ2) is 11.2. The van der Waals surface area contributed by atoms with Gasteiger partial charge < -0.3 is 24.3 Å². The third-order valence-corrected chi connectivity index (χ3v) is 3.99. The number of carbonyl (C=O) groups excluding carboxylic acids is 2. The molecule has 2 rings (SSSR count). The molecule has 0 aliphatic heterocycles. The summed E-state index contributed by atoms with van der Waals surface area (Å²) in [7, 11) is 2.96. The van der Waals surface area contributed by atoms with Crippen molar-refractivity contribution < 1.29 is 28.5 Å². The van der Waals surface area contributed by atoms with E-state index in [1.54, 1.807) is 57.2 Å². The lowest BCUT2D eigenvalue weighted by atomic mass is 10.2. The summed E-state index contributed by atoms with van der Waals surface area (Å²) in [5.41, 5.74) is 2.78. The highest BCUT2D eigenvalue weighted by molar-refractivity contribution is 6.30. The molecular formula is C22H26ClN3O6. The van der Waals surface area contributed by atoms with E-state index in [-0.39, 0.29) is 12.5 Å². The molecule has 0 saturated heterocycles. The summed E-state index contributed by atoms with van der Waals surface area (Å²) in [4.78, 5) is 23.9. The van der Waals surface area contributed by atoms with E-state index in [4.69, 9.17) is 30.5 Å². The molecule has 2 amide bonds. The lowest BCUT2D eigenvalue weighted by Crippen LogP contribution is -2.29. The summed E-state index contributed by atoms with van der Waals surface area (Å²) in [5, 5.41) is 7.04. The van der Waals surface area contributed by atoms with Crippen molar-refractivity contribution in [3.05, 3.63) is 47.0 Å². The van der Waals surface area contributed by atoms with Gasteiger partial charge in [0.25, 0.3) is 5.91 Å². The van der Waals surface area contributed by atoms with Gasteiger partial charge in [-0.1, -0.05) is 11.6 Å². The van der Waals surface area contributed by atoms with Crippen molar-refractivity contribution in [2.75, 3.05) is 26.1 Å². The Balaban J connectivity index is 1.96. The Morgan fingerprint density at radius 2 is 1.75 bits per heavy atom. The van der Waals surface area contributed by atoms with Gasteiger partial charge in [-0.3, -0.25) is 4.79 Å². The van der Waals surface area contributed by atoms with Crippen LogP contribution in [0.2, 0.25) is 5.02 Å². The van der Waals surface area contributed by atoms with Gasteiger partial charge in [-0.05, 0) is 56.7 Å². The number of carbonyl (C=O) groups is 2. The quantitative estimate of drug-likeness (QED) is 0.448. The molecule has 0 spiro atoms. The molecule has 2 aromatic rings. The highest BCUT2D eigenvalue weighted by atomic mass is 35.5. The monoisotopic (exact) mass is 463 g/mol. The third kappa shape index (κ3) is 7.99. The first-order chi connectivity index (χ1) is 15.1. The van der Waals surface area contributed by atoms with Crippen LogP contribution in [0.5, 0.6) is 17.2 Å². The molecule has 0 radical (unpaired) electrons. The van der Waals surface area contributed by atoms with Gasteiger partial charge in [0.2, 0.25) is 0 Å². The average molecular weight is 464 g/mol. The first kappa shape index (κ1) is 24.8. The smallest absolute Gasteiger partial charge is 0.428 e. The molecule has 0 atom stereocenters. The number of hydrazone groups is 1. The minimum absolute atomic E-state index is 0.254. The van der Waals surface area contributed by atoms with Crippen LogP contribution in [0.1, 0.15) is 26.3 Å². The molecule has 0 aliphatic rings. The van der Waals surface area contributed by atoms with Crippen molar-refractivity contribution in [3.8, 4) is 17.2 Å². The number of rotatable bonds is 8. The van der Waals surface area contributed by atoms with Crippen LogP contribution in [0.15, 0.2) is 41.5 Å². The molecule has 0 aromatic heterocycles. The summed E-state index contributed by atoms with van der Waals surface area (Å²) in [6, 6.07) is 9.84. The van der Waals surface area contributed by atoms with Gasteiger partial charge in [-0.25, -0.2) is 10.2 Å². The first-order valence-electron chi connectivity index (χ1n) is 9.57. The molecule has 0 fully saturated rings. The van der Waals surface area contributed by atoms with Crippen LogP contribution in [-0.2, 0) is 9.53 Å². The SMILES string of the molecule is COc1cc(Cl)ccc1NC(=O)COc1ccc(/C=N/NC(=O)OC(C)(C)C)cc1OC. The first-order valence-corrected chi connectivity index (χ1v) is 9.95. The van der Waals surface area contributed by atoms with Crippen molar-refractivity contribution in [1.82, 2.24) is 5.43 Å². The Labute approximate surface area is 191 Å². The second-order valence-electron chi connectivity index (χ2n) is 7.46. The van der Waals surface area contributed by atoms with Gasteiger partial charge in [0.1, 0.15) is 11.4 Å². The third-order valence-electron chi connectivity index (χ3n) is 3.75. The minimum Gasteiger partial charge on any atom is -0.495 e. The number of anilines is 1. The zero-order valence-corrected chi connectivity index (χ0v) is 19.3. The summed E-state index contributed by atoms with van der Waals surface area (Å²) in [6.07, 6.45) is 0.763. The Hall–Kier alpha value is -3.46. The van der Waals surface area contributed by atoms with Crippen LogP contribution in [-0.4, -0.2) is 44.6 Å². The lowest BCUT2D eigenvalue weighted by Gasteiger charge is -2.18. The summed E-state index contributed by atoms with van der Waals surface area (Å²) in [5.74, 6) is 0.804. The van der Waals surface area contributed by atoms with Crippen LogP contribution in [0.25, 0.3) is 0 Å². The molecular weight excluding hydrogens is 438 g/mol. The molecule has 9 nitrogen and oxygen atoms in total. The molecule has 10 heteroatoms. The number of hydrogen-bond acceptors (Lipinski definition) is 7. The van der Waals surface area contributed by atoms with Crippen molar-refractivity contribution in [2.45, 2.75) is 26.4 Å². The number of hydrogen-bond donors (Lipinski definition) is 2. The van der Waals surface area contributed by atoms with E-state index in [1.807, 2.05) is 0 Å². The normalized spacial score (nSPS) is 11.1. The molecule has 172 valence electrons. The molecule has 0 unspecified atom stereocenters. The van der Waals surface area contributed by atoms with Crippen LogP contribution in [0.4, 0.5) is 10.5 Å². The van der Waals surface area contributed by atoms with Crippen molar-refractivity contribution in [2.24, 2.45) is 5.10 Å². The predicted octanol–water partition coefficient (Wildman–Crippen LogP) is 4.23. The minimum atomic E-state index is -0.663. The Kier molecular flexibility index (Phi) is 8.71. The van der Waals surface area contributed by atoms with E-state index in [0.29, 0.717) is 33.5 Å². The fraction of sp³-hybridized carbons (Fsp3) is 0.318. The van der Waals surface area contributed by atoms with E-state index in [1.165, 1.54) is 20.4 Å². The van der Waals surface area contributed by atoms with E-state index >= 15 is 0 Å². The Morgan fingerprint density at radius 3 is 2.41 bits per heavy atom. The van der Waals surface area contributed by atoms with Crippen LogP contribution < -0.4 is 25.0 Å². The molecule has 0 bridgehead atoms. The van der Waals surface area contributed by atoms with Crippen LogP contribution in [0.3, 0.4) is 0 Å². The molecule has 0 heterocycles. The van der Waals surface area contributed by atoms with Crippen molar-refractivity contribution >= 4 is 35.5 Å². The van der Waals surface area contributed by atoms with Gasteiger partial charge in [0, 0.05) is 11.1 Å². The summed E-state index contributed by atoms with van der Waals surface area (Å²) in [6.45, 7) is 5.01. The number of ether oxygens (including phenoxy) is 4. The zero-order chi connectivity index (χ0) is 23.7. The van der Waals surface area contributed by atoms with Gasteiger partial charge in [0.05, 0.1) is 26.1 Å². The van der Waals surface area contributed by atoms with Gasteiger partial charge in [0.15, 0.2) is 18.1 Å². The standard InChI is InChI=1S/C22H26ClN3O6/c1-22(2,3)32-21(28)26-24-12-14-6-9-17(19(10-14)30-5)31-13-20(27)25-16-8-7-15(23)11-18(16)29-4/h6-12H,13H2,1-5H3,(H,25,27)(H,26,28)/b24-12+. The fourth-order valence-corrected chi connectivity index (χ4v) is 2.60. The highest BCUT2D eigenvalue weighted by Gasteiger charge is 2.15. The van der Waals surface area contributed by atoms with E-state index in [9.17, 15) is 9.59 Å². The number of nitrogens with one attached hydrogen (secondary N) is 2.